The van der Waals surface area contributed by atoms with Crippen molar-refractivity contribution in [2.24, 2.45) is 0 Å². The molecule has 29 heavy (non-hydrogen) atoms. The maximum atomic E-state index is 12.7. The molecule has 2 atom stereocenters. The van der Waals surface area contributed by atoms with Crippen molar-refractivity contribution in [1.82, 2.24) is 4.90 Å². The van der Waals surface area contributed by atoms with Crippen molar-refractivity contribution < 1.29 is 9.53 Å². The van der Waals surface area contributed by atoms with E-state index in [0.29, 0.717) is 6.61 Å². The second-order valence-corrected chi connectivity index (χ2v) is 9.40. The van der Waals surface area contributed by atoms with Gasteiger partial charge in [-0.3, -0.25) is 4.90 Å². The number of amides is 1. The molecule has 0 spiro atoms. The van der Waals surface area contributed by atoms with E-state index in [1.165, 1.54) is 16.7 Å². The van der Waals surface area contributed by atoms with Crippen molar-refractivity contribution in [3.63, 3.8) is 0 Å². The van der Waals surface area contributed by atoms with Crippen LogP contribution in [0.25, 0.3) is 0 Å². The molecule has 2 unspecified atom stereocenters. The minimum Gasteiger partial charge on any atom is -0.445 e. The number of carbonyl (C=O) groups excluding carboxylic acids is 1. The lowest BCUT2D eigenvalue weighted by Gasteiger charge is -2.33. The van der Waals surface area contributed by atoms with Crippen LogP contribution in [0.1, 0.15) is 56.7 Å². The highest BCUT2D eigenvalue weighted by Crippen LogP contribution is 2.36. The standard InChI is InChI=1S/C26H31NO2/c1-26(2,3)22-11-9-19(10-12-22)15-21-16-23-13-14-24(17-21)27(23)25(28)29-18-20-7-5-4-6-8-20/h4-12,16,23-24H,13-15,17-18H2,1-3H3. The van der Waals surface area contributed by atoms with Gasteiger partial charge in [0.25, 0.3) is 0 Å². The first kappa shape index (κ1) is 19.8. The van der Waals surface area contributed by atoms with Crippen LogP contribution in [0.2, 0.25) is 0 Å². The van der Waals surface area contributed by atoms with Crippen molar-refractivity contribution in [2.45, 2.75) is 70.6 Å². The highest BCUT2D eigenvalue weighted by molar-refractivity contribution is 5.70. The molecule has 0 saturated carbocycles. The average Bonchev–Trinajstić information content (AvgIpc) is 2.97. The summed E-state index contributed by atoms with van der Waals surface area (Å²) in [5, 5.41) is 0. The average molecular weight is 390 g/mol. The Balaban J connectivity index is 1.38. The molecule has 2 aliphatic rings. The third-order valence-corrected chi connectivity index (χ3v) is 6.14. The van der Waals surface area contributed by atoms with Crippen LogP contribution >= 0.6 is 0 Å². The molecular formula is C26H31NO2. The zero-order chi connectivity index (χ0) is 20.4. The third kappa shape index (κ3) is 4.55. The second kappa shape index (κ2) is 8.06. The van der Waals surface area contributed by atoms with E-state index in [9.17, 15) is 4.79 Å². The zero-order valence-electron chi connectivity index (χ0n) is 17.7. The molecule has 0 N–H and O–H groups in total. The maximum absolute atomic E-state index is 12.7. The van der Waals surface area contributed by atoms with Crippen molar-refractivity contribution in [3.8, 4) is 0 Å². The fourth-order valence-electron chi connectivity index (χ4n) is 4.51. The van der Waals surface area contributed by atoms with Crippen molar-refractivity contribution in [3.05, 3.63) is 82.9 Å². The molecule has 0 aliphatic carbocycles. The summed E-state index contributed by atoms with van der Waals surface area (Å²) in [6, 6.07) is 19.3. The van der Waals surface area contributed by atoms with Crippen LogP contribution < -0.4 is 0 Å². The highest BCUT2D eigenvalue weighted by atomic mass is 16.6. The predicted octanol–water partition coefficient (Wildman–Crippen LogP) is 6.03. The number of hydrogen-bond acceptors (Lipinski definition) is 2. The Hall–Kier alpha value is -2.55. The summed E-state index contributed by atoms with van der Waals surface area (Å²) >= 11 is 0. The molecule has 3 heteroatoms. The van der Waals surface area contributed by atoms with Crippen LogP contribution in [-0.4, -0.2) is 23.1 Å². The number of benzene rings is 2. The molecule has 2 bridgehead atoms. The van der Waals surface area contributed by atoms with Gasteiger partial charge in [0.15, 0.2) is 0 Å². The summed E-state index contributed by atoms with van der Waals surface area (Å²) in [7, 11) is 0. The van der Waals surface area contributed by atoms with Gasteiger partial charge in [-0.2, -0.15) is 0 Å². The third-order valence-electron chi connectivity index (χ3n) is 6.14. The van der Waals surface area contributed by atoms with E-state index in [1.54, 1.807) is 0 Å². The van der Waals surface area contributed by atoms with E-state index >= 15 is 0 Å². The lowest BCUT2D eigenvalue weighted by Crippen LogP contribution is -2.43. The first-order valence-electron chi connectivity index (χ1n) is 10.7. The molecule has 2 heterocycles. The molecule has 0 radical (unpaired) electrons. The zero-order valence-corrected chi connectivity index (χ0v) is 17.7. The Morgan fingerprint density at radius 3 is 2.38 bits per heavy atom. The minimum atomic E-state index is -0.175. The van der Waals surface area contributed by atoms with Gasteiger partial charge in [-0.1, -0.05) is 87.0 Å². The lowest BCUT2D eigenvalue weighted by atomic mass is 9.86. The van der Waals surface area contributed by atoms with E-state index in [2.05, 4.69) is 51.1 Å². The number of ether oxygens (including phenoxy) is 1. The minimum absolute atomic E-state index is 0.175. The molecule has 2 aromatic rings. The van der Waals surface area contributed by atoms with Gasteiger partial charge in [-0.05, 0) is 47.8 Å². The van der Waals surface area contributed by atoms with E-state index < -0.39 is 0 Å². The van der Waals surface area contributed by atoms with Crippen molar-refractivity contribution in [1.29, 1.82) is 0 Å². The molecule has 1 fully saturated rings. The van der Waals surface area contributed by atoms with Crippen LogP contribution in [0.3, 0.4) is 0 Å². The van der Waals surface area contributed by atoms with Crippen LogP contribution in [0, 0.1) is 0 Å². The first-order valence-corrected chi connectivity index (χ1v) is 10.7. The number of hydrogen-bond donors (Lipinski definition) is 0. The Bertz CT molecular complexity index is 877. The summed E-state index contributed by atoms with van der Waals surface area (Å²) < 4.78 is 5.60. The van der Waals surface area contributed by atoms with Crippen LogP contribution in [0.4, 0.5) is 4.79 Å². The predicted molar refractivity (Wildman–Crippen MR) is 117 cm³/mol. The molecule has 2 aliphatic heterocycles. The summed E-state index contributed by atoms with van der Waals surface area (Å²) in [5.41, 5.74) is 5.38. The lowest BCUT2D eigenvalue weighted by molar-refractivity contribution is 0.0816. The molecule has 1 saturated heterocycles. The van der Waals surface area contributed by atoms with Gasteiger partial charge in [0.2, 0.25) is 0 Å². The summed E-state index contributed by atoms with van der Waals surface area (Å²) in [5.74, 6) is 0. The Morgan fingerprint density at radius 2 is 1.72 bits per heavy atom. The fraction of sp³-hybridized carbons (Fsp3) is 0.423. The number of rotatable bonds is 4. The van der Waals surface area contributed by atoms with Gasteiger partial charge in [0.05, 0.1) is 6.04 Å². The number of nitrogens with zero attached hydrogens (tertiary/aromatic N) is 1. The van der Waals surface area contributed by atoms with Gasteiger partial charge in [0.1, 0.15) is 6.61 Å². The largest absolute Gasteiger partial charge is 0.445 e. The van der Waals surface area contributed by atoms with Crippen LogP contribution in [-0.2, 0) is 23.2 Å². The molecule has 4 rings (SSSR count). The molecule has 1 amide bonds. The van der Waals surface area contributed by atoms with Crippen LogP contribution in [0.5, 0.6) is 0 Å². The topological polar surface area (TPSA) is 29.5 Å². The van der Waals surface area contributed by atoms with E-state index in [0.717, 1.165) is 31.2 Å². The summed E-state index contributed by atoms with van der Waals surface area (Å²) in [4.78, 5) is 14.7. The van der Waals surface area contributed by atoms with Gasteiger partial charge in [-0.15, -0.1) is 0 Å². The molecule has 152 valence electrons. The van der Waals surface area contributed by atoms with E-state index in [1.807, 2.05) is 35.2 Å². The number of fused-ring (bicyclic) bond motifs is 2. The number of carbonyl (C=O) groups is 1. The fourth-order valence-corrected chi connectivity index (χ4v) is 4.51. The summed E-state index contributed by atoms with van der Waals surface area (Å²) in [6.45, 7) is 7.07. The van der Waals surface area contributed by atoms with Gasteiger partial charge >= 0.3 is 6.09 Å². The second-order valence-electron chi connectivity index (χ2n) is 9.40. The van der Waals surface area contributed by atoms with Crippen molar-refractivity contribution >= 4 is 6.09 Å². The molecular weight excluding hydrogens is 358 g/mol. The van der Waals surface area contributed by atoms with Gasteiger partial charge in [-0.25, -0.2) is 4.79 Å². The normalized spacial score (nSPS) is 21.1. The van der Waals surface area contributed by atoms with E-state index in [4.69, 9.17) is 4.74 Å². The first-order chi connectivity index (χ1) is 13.9. The Kier molecular flexibility index (Phi) is 5.49. The van der Waals surface area contributed by atoms with E-state index in [-0.39, 0.29) is 23.6 Å². The van der Waals surface area contributed by atoms with Crippen molar-refractivity contribution in [2.75, 3.05) is 0 Å². The smallest absolute Gasteiger partial charge is 0.410 e. The molecule has 2 aromatic carbocycles. The summed E-state index contributed by atoms with van der Waals surface area (Å²) in [6.07, 6.45) is 6.17. The molecule has 3 nitrogen and oxygen atoms in total. The van der Waals surface area contributed by atoms with Gasteiger partial charge in [0, 0.05) is 6.04 Å². The SMILES string of the molecule is CC(C)(C)c1ccc(CC2=CC3CCC(C2)N3C(=O)OCc2ccccc2)cc1. The highest BCUT2D eigenvalue weighted by Gasteiger charge is 2.40. The monoisotopic (exact) mass is 389 g/mol. The quantitative estimate of drug-likeness (QED) is 0.598. The maximum Gasteiger partial charge on any atom is 0.410 e. The van der Waals surface area contributed by atoms with Gasteiger partial charge < -0.3 is 4.74 Å². The van der Waals surface area contributed by atoms with Crippen LogP contribution in [0.15, 0.2) is 66.2 Å². The Labute approximate surface area is 174 Å². The Morgan fingerprint density at radius 1 is 1.00 bits per heavy atom. The molecule has 0 aromatic heterocycles.